The van der Waals surface area contributed by atoms with Crippen LogP contribution < -0.4 is 34.3 Å². The molecule has 0 atom stereocenters. The van der Waals surface area contributed by atoms with Crippen LogP contribution in [0.3, 0.4) is 0 Å². The van der Waals surface area contributed by atoms with Crippen molar-refractivity contribution in [1.82, 2.24) is 25.4 Å². The zero-order chi connectivity index (χ0) is 52.1. The molecule has 4 N–H and O–H groups in total. The van der Waals surface area contributed by atoms with Crippen molar-refractivity contribution in [3.05, 3.63) is 119 Å². The lowest BCUT2D eigenvalue weighted by molar-refractivity contribution is 0.0628. The molecule has 0 unspecified atom stereocenters. The average Bonchev–Trinajstić information content (AvgIpc) is 4.06. The zero-order valence-electron chi connectivity index (χ0n) is 42.2. The predicted octanol–water partition coefficient (Wildman–Crippen LogP) is 9.84. The van der Waals surface area contributed by atoms with Gasteiger partial charge in [0.1, 0.15) is 23.0 Å². The number of carbonyl (C=O) groups is 3. The van der Waals surface area contributed by atoms with E-state index in [0.717, 1.165) is 5.56 Å². The number of hydrogen-bond donors (Lipinski definition) is 4. The monoisotopic (exact) mass is 994 g/mol. The fourth-order valence-corrected chi connectivity index (χ4v) is 9.01. The summed E-state index contributed by atoms with van der Waals surface area (Å²) < 4.78 is 39.5. The van der Waals surface area contributed by atoms with Gasteiger partial charge in [0.2, 0.25) is 5.75 Å². The van der Waals surface area contributed by atoms with E-state index >= 15 is 0 Å². The van der Waals surface area contributed by atoms with Crippen LogP contribution in [0.25, 0.3) is 44.9 Å². The molecule has 3 heterocycles. The molecule has 73 heavy (non-hydrogen) atoms. The van der Waals surface area contributed by atoms with Crippen LogP contribution in [-0.4, -0.2) is 109 Å². The summed E-state index contributed by atoms with van der Waals surface area (Å²) in [5.74, 6) is 1.81. The number of rotatable bonds is 16. The number of hydrogen-bond acceptors (Lipinski definition) is 15. The molecule has 18 heteroatoms. The number of aryl methyl sites for hydroxylation is 2. The first-order valence-electron chi connectivity index (χ1n) is 23.6. The van der Waals surface area contributed by atoms with Crippen LogP contribution >= 0.6 is 0 Å². The van der Waals surface area contributed by atoms with Crippen LogP contribution in [0.15, 0.2) is 94.1 Å². The first kappa shape index (κ1) is 50.9. The number of nitrogens with one attached hydrogen (secondary N) is 2. The normalized spacial score (nSPS) is 12.7. The topological polar surface area (TPSA) is 220 Å². The third-order valence-electron chi connectivity index (χ3n) is 12.7. The molecule has 0 saturated carbocycles. The first-order chi connectivity index (χ1) is 35.2. The molecule has 18 nitrogen and oxygen atoms in total. The van der Waals surface area contributed by atoms with Crippen molar-refractivity contribution in [1.29, 1.82) is 0 Å². The van der Waals surface area contributed by atoms with E-state index in [4.69, 9.17) is 32.7 Å². The smallest absolute Gasteiger partial charge is 0.417 e. The van der Waals surface area contributed by atoms with E-state index in [1.807, 2.05) is 56.0 Å². The Bertz CT molecular complexity index is 3120. The maximum Gasteiger partial charge on any atom is 0.417 e. The highest BCUT2D eigenvalue weighted by Gasteiger charge is 2.29. The Morgan fingerprint density at radius 1 is 0.712 bits per heavy atom. The predicted molar refractivity (Wildman–Crippen MR) is 273 cm³/mol. The SMILES string of the molecule is CCNC(=O)c1noc(-c2cc(C(C)C)c(O)cc2O)c1-c1ccc(CN2CCN(C(=O)c3cc(C)c(OC(=O)Nc4cc(-c5cnoc5-c5cc(OC)c(OC)c(OC)c5)ccc4OC)c(C)c3)CC2)cc1. The number of aromatic hydroxyl groups is 2. The molecular weight excluding hydrogens is 937 g/mol. The quantitative estimate of drug-likeness (QED) is 0.0708. The lowest BCUT2D eigenvalue weighted by Gasteiger charge is -2.35. The fraction of sp³-hybridized carbons (Fsp3) is 0.291. The molecular formula is C55H58N6O12. The molecule has 7 aromatic rings. The van der Waals surface area contributed by atoms with Crippen molar-refractivity contribution in [3.63, 3.8) is 0 Å². The summed E-state index contributed by atoms with van der Waals surface area (Å²) in [7, 11) is 6.07. The average molecular weight is 995 g/mol. The third kappa shape index (κ3) is 10.6. The standard InChI is InChI=1S/C55H58N6O12/c1-10-56-53(64)48-47(51(73-59-48)39-26-38(30(2)3)42(62)27-43(39)63)34-13-11-33(12-14-34)29-60-17-19-61(20-18-60)54(65)37-21-31(4)49(32(5)22-37)71-55(66)58-41-23-35(15-16-44(41)67-6)40-28-57-72-50(40)36-24-45(68-7)52(70-9)46(25-36)69-8/h11-16,21-28,30,62-63H,10,17-20,29H2,1-9H3,(H,56,64)(H,58,66). The molecule has 1 fully saturated rings. The number of benzene rings is 5. The van der Waals surface area contributed by atoms with Gasteiger partial charge in [-0.1, -0.05) is 54.5 Å². The van der Waals surface area contributed by atoms with E-state index in [1.54, 1.807) is 62.5 Å². The van der Waals surface area contributed by atoms with Gasteiger partial charge in [0.05, 0.1) is 51.5 Å². The molecule has 8 rings (SSSR count). The Hall–Kier alpha value is -8.51. The highest BCUT2D eigenvalue weighted by atomic mass is 16.6. The summed E-state index contributed by atoms with van der Waals surface area (Å²) in [4.78, 5) is 44.7. The van der Waals surface area contributed by atoms with E-state index in [-0.39, 0.29) is 34.8 Å². The minimum Gasteiger partial charge on any atom is -0.508 e. The number of phenolic OH excluding ortho intramolecular Hbond substituents is 2. The van der Waals surface area contributed by atoms with Crippen LogP contribution in [0.2, 0.25) is 0 Å². The van der Waals surface area contributed by atoms with Gasteiger partial charge >= 0.3 is 6.09 Å². The van der Waals surface area contributed by atoms with Gasteiger partial charge in [0, 0.05) is 62.0 Å². The fourth-order valence-electron chi connectivity index (χ4n) is 9.01. The van der Waals surface area contributed by atoms with Gasteiger partial charge in [-0.2, -0.15) is 0 Å². The van der Waals surface area contributed by atoms with E-state index in [0.29, 0.717) is 135 Å². The minimum absolute atomic E-state index is 0.0390. The Morgan fingerprint density at radius 3 is 1.99 bits per heavy atom. The summed E-state index contributed by atoms with van der Waals surface area (Å²) in [6.07, 6.45) is 0.809. The minimum atomic E-state index is -0.761. The van der Waals surface area contributed by atoms with Crippen molar-refractivity contribution >= 4 is 23.6 Å². The highest BCUT2D eigenvalue weighted by Crippen LogP contribution is 2.45. The maximum absolute atomic E-state index is 13.9. The Balaban J connectivity index is 0.909. The summed E-state index contributed by atoms with van der Waals surface area (Å²) in [6, 6.07) is 22.9. The molecule has 1 aliphatic heterocycles. The second kappa shape index (κ2) is 21.9. The van der Waals surface area contributed by atoms with E-state index in [2.05, 4.69) is 25.8 Å². The molecule has 0 radical (unpaired) electrons. The molecule has 380 valence electrons. The highest BCUT2D eigenvalue weighted by molar-refractivity contribution is 6.03. The van der Waals surface area contributed by atoms with Crippen molar-refractivity contribution in [2.24, 2.45) is 0 Å². The number of phenols is 2. The van der Waals surface area contributed by atoms with Gasteiger partial charge in [0.15, 0.2) is 28.7 Å². The van der Waals surface area contributed by atoms with Crippen LogP contribution in [0.5, 0.6) is 40.2 Å². The number of amides is 3. The van der Waals surface area contributed by atoms with E-state index in [9.17, 15) is 24.6 Å². The first-order valence-corrected chi connectivity index (χ1v) is 23.6. The van der Waals surface area contributed by atoms with Crippen molar-refractivity contribution in [2.75, 3.05) is 66.5 Å². The molecule has 1 saturated heterocycles. The second-order valence-corrected chi connectivity index (χ2v) is 17.8. The number of carbonyl (C=O) groups excluding carboxylic acids is 3. The Kier molecular flexibility index (Phi) is 15.2. The number of methoxy groups -OCH3 is 4. The number of ether oxygens (including phenoxy) is 5. The van der Waals surface area contributed by atoms with Crippen LogP contribution in [0.4, 0.5) is 10.5 Å². The number of nitrogens with zero attached hydrogens (tertiary/aromatic N) is 4. The van der Waals surface area contributed by atoms with Gasteiger partial charge in [-0.05, 0) is 103 Å². The molecule has 0 spiro atoms. The summed E-state index contributed by atoms with van der Waals surface area (Å²) in [6.45, 7) is 12.5. The van der Waals surface area contributed by atoms with Crippen LogP contribution in [-0.2, 0) is 6.54 Å². The number of aromatic nitrogens is 2. The lowest BCUT2D eigenvalue weighted by atomic mass is 9.94. The van der Waals surface area contributed by atoms with E-state index in [1.165, 1.54) is 34.5 Å². The second-order valence-electron chi connectivity index (χ2n) is 17.8. The number of piperazine rings is 1. The number of anilines is 1. The van der Waals surface area contributed by atoms with Gasteiger partial charge in [0.25, 0.3) is 11.8 Å². The molecule has 1 aliphatic rings. The van der Waals surface area contributed by atoms with E-state index < -0.39 is 12.0 Å². The van der Waals surface area contributed by atoms with Crippen molar-refractivity contribution in [3.8, 4) is 85.1 Å². The molecule has 0 bridgehead atoms. The molecule has 0 aliphatic carbocycles. The zero-order valence-corrected chi connectivity index (χ0v) is 42.2. The summed E-state index contributed by atoms with van der Waals surface area (Å²) >= 11 is 0. The Morgan fingerprint density at radius 2 is 1.37 bits per heavy atom. The summed E-state index contributed by atoms with van der Waals surface area (Å²) in [5.41, 5.74) is 7.04. The van der Waals surface area contributed by atoms with Gasteiger partial charge in [-0.25, -0.2) is 4.79 Å². The molecule has 5 aromatic carbocycles. The molecule has 3 amide bonds. The largest absolute Gasteiger partial charge is 0.508 e. The van der Waals surface area contributed by atoms with Crippen LogP contribution in [0, 0.1) is 13.8 Å². The van der Waals surface area contributed by atoms with Gasteiger partial charge < -0.3 is 53.2 Å². The lowest BCUT2D eigenvalue weighted by Crippen LogP contribution is -2.48. The molecule has 2 aromatic heterocycles. The summed E-state index contributed by atoms with van der Waals surface area (Å²) in [5, 5.41) is 35.2. The van der Waals surface area contributed by atoms with Crippen molar-refractivity contribution in [2.45, 2.75) is 47.1 Å². The van der Waals surface area contributed by atoms with Gasteiger partial charge in [-0.15, -0.1) is 0 Å². The Labute approximate surface area is 422 Å². The maximum atomic E-state index is 13.9. The third-order valence-corrected chi connectivity index (χ3v) is 12.7. The van der Waals surface area contributed by atoms with Gasteiger partial charge in [-0.3, -0.25) is 19.8 Å². The van der Waals surface area contributed by atoms with Crippen molar-refractivity contribution < 1.29 is 57.3 Å². The van der Waals surface area contributed by atoms with Crippen LogP contribution in [0.1, 0.15) is 69.8 Å².